The van der Waals surface area contributed by atoms with E-state index in [0.717, 1.165) is 16.5 Å². The zero-order valence-electron chi connectivity index (χ0n) is 10.9. The molecule has 2 rings (SSSR count). The quantitative estimate of drug-likeness (QED) is 0.894. The maximum absolute atomic E-state index is 12.9. The zero-order chi connectivity index (χ0) is 13.8. The molecule has 0 amide bonds. The van der Waals surface area contributed by atoms with Gasteiger partial charge < -0.3 is 5.32 Å². The van der Waals surface area contributed by atoms with E-state index in [4.69, 9.17) is 11.6 Å². The number of thiophene rings is 1. The minimum absolute atomic E-state index is 0.0651. The molecule has 0 bridgehead atoms. The molecule has 0 saturated carbocycles. The second-order valence-corrected chi connectivity index (χ2v) is 6.48. The third-order valence-corrected chi connectivity index (χ3v) is 3.93. The molecule has 1 N–H and O–H groups in total. The van der Waals surface area contributed by atoms with Crippen molar-refractivity contribution < 1.29 is 4.39 Å². The molecule has 2 aromatic rings. The number of rotatable bonds is 5. The first-order valence-corrected chi connectivity index (χ1v) is 7.36. The lowest BCUT2D eigenvalue weighted by atomic mass is 10.1. The van der Waals surface area contributed by atoms with Crippen LogP contribution in [-0.2, 0) is 6.42 Å². The van der Waals surface area contributed by atoms with Crippen LogP contribution in [0, 0.1) is 5.82 Å². The predicted octanol–water partition coefficient (Wildman–Crippen LogP) is 4.22. The van der Waals surface area contributed by atoms with E-state index < -0.39 is 0 Å². The van der Waals surface area contributed by atoms with Gasteiger partial charge in [0.15, 0.2) is 0 Å². The average Bonchev–Trinajstić information content (AvgIpc) is 2.74. The first kappa shape index (κ1) is 14.4. The minimum Gasteiger partial charge on any atom is -0.306 e. The van der Waals surface area contributed by atoms with E-state index in [1.54, 1.807) is 17.4 Å². The highest BCUT2D eigenvalue weighted by Gasteiger charge is 2.16. The van der Waals surface area contributed by atoms with Crippen molar-refractivity contribution in [3.05, 3.63) is 51.2 Å². The Labute approximate surface area is 121 Å². The number of halogens is 2. The van der Waals surface area contributed by atoms with Crippen molar-refractivity contribution in [2.75, 3.05) is 0 Å². The smallest absolute Gasteiger partial charge is 0.141 e. The first-order chi connectivity index (χ1) is 9.04. The van der Waals surface area contributed by atoms with Crippen LogP contribution in [0.2, 0.25) is 4.34 Å². The molecule has 5 heteroatoms. The van der Waals surface area contributed by atoms with Crippen molar-refractivity contribution in [1.29, 1.82) is 0 Å². The summed E-state index contributed by atoms with van der Waals surface area (Å²) >= 11 is 7.51. The van der Waals surface area contributed by atoms with Gasteiger partial charge in [-0.05, 0) is 24.3 Å². The number of aromatic nitrogens is 1. The molecule has 1 unspecified atom stereocenters. The Morgan fingerprint density at radius 1 is 1.32 bits per heavy atom. The van der Waals surface area contributed by atoms with E-state index in [0.29, 0.717) is 6.04 Å². The van der Waals surface area contributed by atoms with E-state index in [9.17, 15) is 4.39 Å². The third kappa shape index (κ3) is 4.27. The highest BCUT2D eigenvalue weighted by atomic mass is 35.5. The second-order valence-electron chi connectivity index (χ2n) is 4.69. The lowest BCUT2D eigenvalue weighted by Crippen LogP contribution is -2.30. The van der Waals surface area contributed by atoms with Crippen LogP contribution in [0.5, 0.6) is 0 Å². The van der Waals surface area contributed by atoms with Crippen molar-refractivity contribution in [1.82, 2.24) is 10.3 Å². The molecular formula is C14H16ClFN2S. The van der Waals surface area contributed by atoms with Crippen molar-refractivity contribution in [3.63, 3.8) is 0 Å². The fraction of sp³-hybridized carbons (Fsp3) is 0.357. The molecule has 19 heavy (non-hydrogen) atoms. The van der Waals surface area contributed by atoms with Gasteiger partial charge in [0.05, 0.1) is 22.3 Å². The molecule has 1 atom stereocenters. The minimum atomic E-state index is -0.314. The molecule has 2 heterocycles. The predicted molar refractivity (Wildman–Crippen MR) is 78.2 cm³/mol. The fourth-order valence-corrected chi connectivity index (χ4v) is 3.04. The summed E-state index contributed by atoms with van der Waals surface area (Å²) in [5.74, 6) is -0.314. The summed E-state index contributed by atoms with van der Waals surface area (Å²) in [6, 6.07) is 7.48. The lowest BCUT2D eigenvalue weighted by molar-refractivity contribution is 0.466. The molecule has 0 aliphatic rings. The average molecular weight is 299 g/mol. The molecule has 2 nitrogen and oxygen atoms in total. The van der Waals surface area contributed by atoms with Crippen molar-refractivity contribution in [3.8, 4) is 0 Å². The maximum atomic E-state index is 12.9. The standard InChI is InChI=1S/C14H16ClFN2S/c1-9(2)18-13(7-11-4-6-14(15)19-11)12-5-3-10(16)8-17-12/h3-6,8-9,13,18H,7H2,1-2H3. The molecule has 0 aliphatic heterocycles. The van der Waals surface area contributed by atoms with Gasteiger partial charge in [-0.1, -0.05) is 25.4 Å². The topological polar surface area (TPSA) is 24.9 Å². The molecule has 0 fully saturated rings. The van der Waals surface area contributed by atoms with Gasteiger partial charge in [0.1, 0.15) is 5.82 Å². The van der Waals surface area contributed by atoms with Gasteiger partial charge >= 0.3 is 0 Å². The number of nitrogens with zero attached hydrogens (tertiary/aromatic N) is 1. The van der Waals surface area contributed by atoms with Crippen LogP contribution in [-0.4, -0.2) is 11.0 Å². The lowest BCUT2D eigenvalue weighted by Gasteiger charge is -2.20. The fourth-order valence-electron chi connectivity index (χ4n) is 1.91. The molecule has 2 aromatic heterocycles. The van der Waals surface area contributed by atoms with Crippen molar-refractivity contribution in [2.45, 2.75) is 32.4 Å². The summed E-state index contributed by atoms with van der Waals surface area (Å²) in [6.45, 7) is 4.16. The number of hydrogen-bond acceptors (Lipinski definition) is 3. The monoisotopic (exact) mass is 298 g/mol. The highest BCUT2D eigenvalue weighted by Crippen LogP contribution is 2.26. The Morgan fingerprint density at radius 2 is 2.11 bits per heavy atom. The van der Waals surface area contributed by atoms with Crippen LogP contribution >= 0.6 is 22.9 Å². The van der Waals surface area contributed by atoms with E-state index in [2.05, 4.69) is 24.1 Å². The van der Waals surface area contributed by atoms with Gasteiger partial charge in [-0.2, -0.15) is 0 Å². The van der Waals surface area contributed by atoms with Gasteiger partial charge in [-0.3, -0.25) is 4.98 Å². The van der Waals surface area contributed by atoms with Gasteiger partial charge in [0, 0.05) is 17.3 Å². The summed E-state index contributed by atoms with van der Waals surface area (Å²) in [5.41, 5.74) is 0.847. The van der Waals surface area contributed by atoms with Crippen molar-refractivity contribution in [2.24, 2.45) is 0 Å². The van der Waals surface area contributed by atoms with Gasteiger partial charge in [-0.25, -0.2) is 4.39 Å². The Morgan fingerprint density at radius 3 is 2.63 bits per heavy atom. The van der Waals surface area contributed by atoms with Crippen LogP contribution in [0.1, 0.15) is 30.5 Å². The molecule has 0 radical (unpaired) electrons. The largest absolute Gasteiger partial charge is 0.306 e. The van der Waals surface area contributed by atoms with Gasteiger partial charge in [0.25, 0.3) is 0 Å². The number of hydrogen-bond donors (Lipinski definition) is 1. The maximum Gasteiger partial charge on any atom is 0.141 e. The Kier molecular flexibility index (Phi) is 4.91. The van der Waals surface area contributed by atoms with Crippen LogP contribution in [0.3, 0.4) is 0 Å². The Bertz CT molecular complexity index is 524. The summed E-state index contributed by atoms with van der Waals surface area (Å²) < 4.78 is 13.7. The number of pyridine rings is 1. The van der Waals surface area contributed by atoms with Crippen LogP contribution in [0.15, 0.2) is 30.5 Å². The zero-order valence-corrected chi connectivity index (χ0v) is 12.4. The Hall–Kier alpha value is -0.970. The summed E-state index contributed by atoms with van der Waals surface area (Å²) in [6.07, 6.45) is 2.06. The summed E-state index contributed by atoms with van der Waals surface area (Å²) in [4.78, 5) is 5.36. The third-order valence-electron chi connectivity index (χ3n) is 2.68. The number of nitrogens with one attached hydrogen (secondary N) is 1. The molecule has 0 aromatic carbocycles. The van der Waals surface area contributed by atoms with E-state index in [1.807, 2.05) is 12.1 Å². The molecule has 102 valence electrons. The molecule has 0 aliphatic carbocycles. The van der Waals surface area contributed by atoms with E-state index in [1.165, 1.54) is 17.1 Å². The van der Waals surface area contributed by atoms with E-state index in [-0.39, 0.29) is 11.9 Å². The normalized spacial score (nSPS) is 12.9. The van der Waals surface area contributed by atoms with Crippen LogP contribution in [0.25, 0.3) is 0 Å². The molecular weight excluding hydrogens is 283 g/mol. The van der Waals surface area contributed by atoms with Crippen molar-refractivity contribution >= 4 is 22.9 Å². The summed E-state index contributed by atoms with van der Waals surface area (Å²) in [7, 11) is 0. The molecule has 0 saturated heterocycles. The first-order valence-electron chi connectivity index (χ1n) is 6.16. The Balaban J connectivity index is 2.17. The molecule has 0 spiro atoms. The SMILES string of the molecule is CC(C)NC(Cc1ccc(Cl)s1)c1ccc(F)cn1. The highest BCUT2D eigenvalue weighted by molar-refractivity contribution is 7.16. The van der Waals surface area contributed by atoms with E-state index >= 15 is 0 Å². The van der Waals surface area contributed by atoms with Gasteiger partial charge in [-0.15, -0.1) is 11.3 Å². The van der Waals surface area contributed by atoms with Crippen LogP contribution < -0.4 is 5.32 Å². The van der Waals surface area contributed by atoms with Gasteiger partial charge in [0.2, 0.25) is 0 Å². The summed E-state index contributed by atoms with van der Waals surface area (Å²) in [5, 5.41) is 3.45. The van der Waals surface area contributed by atoms with Crippen LogP contribution in [0.4, 0.5) is 4.39 Å². The second kappa shape index (κ2) is 6.46.